The average molecular weight is 286 g/mol. The molecule has 1 N–H and O–H groups in total. The number of hydrogen-bond acceptors (Lipinski definition) is 4. The van der Waals surface area contributed by atoms with Crippen molar-refractivity contribution in [3.8, 4) is 0 Å². The number of aromatic amines is 1. The smallest absolute Gasteiger partial charge is 0.258 e. The maximum atomic E-state index is 12.1. The van der Waals surface area contributed by atoms with Crippen LogP contribution in [-0.2, 0) is 6.54 Å². The van der Waals surface area contributed by atoms with E-state index >= 15 is 0 Å². The number of fused-ring (bicyclic) bond motifs is 1. The summed E-state index contributed by atoms with van der Waals surface area (Å²) in [5.41, 5.74) is 0.737. The Morgan fingerprint density at radius 2 is 1.86 bits per heavy atom. The van der Waals surface area contributed by atoms with Crippen molar-refractivity contribution in [2.24, 2.45) is 0 Å². The molecule has 0 amide bonds. The van der Waals surface area contributed by atoms with Crippen LogP contribution in [0.1, 0.15) is 19.2 Å². The third-order valence-corrected chi connectivity index (χ3v) is 4.04. The van der Waals surface area contributed by atoms with Gasteiger partial charge in [0.15, 0.2) is 0 Å². The minimum absolute atomic E-state index is 0.0415. The summed E-state index contributed by atoms with van der Waals surface area (Å²) in [6, 6.07) is 7.50. The Morgan fingerprint density at radius 1 is 1.14 bits per heavy atom. The van der Waals surface area contributed by atoms with Gasteiger partial charge in [0.25, 0.3) is 5.56 Å². The Bertz CT molecular complexity index is 659. The number of H-pyrrole nitrogens is 1. The lowest BCUT2D eigenvalue weighted by Gasteiger charge is -2.34. The fourth-order valence-electron chi connectivity index (χ4n) is 2.91. The number of nitrogens with zero attached hydrogens (tertiary/aromatic N) is 3. The summed E-state index contributed by atoms with van der Waals surface area (Å²) in [5, 5.41) is 0.661. The summed E-state index contributed by atoms with van der Waals surface area (Å²) < 4.78 is 0. The van der Waals surface area contributed by atoms with Gasteiger partial charge in [0.1, 0.15) is 5.82 Å². The number of para-hydroxylation sites is 1. The van der Waals surface area contributed by atoms with Crippen LogP contribution in [0.5, 0.6) is 0 Å². The van der Waals surface area contributed by atoms with Crippen LogP contribution >= 0.6 is 0 Å². The molecule has 1 aliphatic heterocycles. The molecule has 0 atom stereocenters. The van der Waals surface area contributed by atoms with Crippen LogP contribution < -0.4 is 5.56 Å². The summed E-state index contributed by atoms with van der Waals surface area (Å²) in [6.07, 6.45) is 1.21. The van der Waals surface area contributed by atoms with Gasteiger partial charge in [-0.1, -0.05) is 19.1 Å². The second-order valence-electron chi connectivity index (χ2n) is 5.65. The largest absolute Gasteiger partial charge is 0.309 e. The predicted octanol–water partition coefficient (Wildman–Crippen LogP) is 1.45. The Labute approximate surface area is 124 Å². The molecule has 1 aliphatic rings. The van der Waals surface area contributed by atoms with Gasteiger partial charge in [-0.05, 0) is 25.1 Å². The first-order valence-electron chi connectivity index (χ1n) is 7.69. The molecule has 1 saturated heterocycles. The van der Waals surface area contributed by atoms with E-state index in [1.165, 1.54) is 13.0 Å². The van der Waals surface area contributed by atoms with Crippen molar-refractivity contribution in [1.82, 2.24) is 19.8 Å². The van der Waals surface area contributed by atoms with Crippen LogP contribution in [0, 0.1) is 0 Å². The van der Waals surface area contributed by atoms with E-state index in [1.54, 1.807) is 0 Å². The second-order valence-corrected chi connectivity index (χ2v) is 5.65. The quantitative estimate of drug-likeness (QED) is 0.924. The van der Waals surface area contributed by atoms with Crippen molar-refractivity contribution in [1.29, 1.82) is 0 Å². The summed E-state index contributed by atoms with van der Waals surface area (Å²) in [7, 11) is 0. The van der Waals surface area contributed by atoms with E-state index in [0.717, 1.165) is 44.1 Å². The van der Waals surface area contributed by atoms with E-state index in [9.17, 15) is 4.79 Å². The molecule has 0 bridgehead atoms. The zero-order chi connectivity index (χ0) is 14.7. The molecule has 0 aliphatic carbocycles. The van der Waals surface area contributed by atoms with Crippen LogP contribution in [0.4, 0.5) is 0 Å². The summed E-state index contributed by atoms with van der Waals surface area (Å²) >= 11 is 0. The van der Waals surface area contributed by atoms with Gasteiger partial charge < -0.3 is 9.88 Å². The molecule has 0 unspecified atom stereocenters. The topological polar surface area (TPSA) is 52.2 Å². The van der Waals surface area contributed by atoms with Crippen LogP contribution in [0.2, 0.25) is 0 Å². The van der Waals surface area contributed by atoms with E-state index in [-0.39, 0.29) is 5.56 Å². The lowest BCUT2D eigenvalue weighted by Crippen LogP contribution is -2.46. The second kappa shape index (κ2) is 6.37. The highest BCUT2D eigenvalue weighted by Crippen LogP contribution is 2.09. The summed E-state index contributed by atoms with van der Waals surface area (Å²) in [4.78, 5) is 24.4. The molecule has 0 spiro atoms. The molecular formula is C16H22N4O. The fraction of sp³-hybridized carbons (Fsp3) is 0.500. The highest BCUT2D eigenvalue weighted by atomic mass is 16.1. The van der Waals surface area contributed by atoms with Gasteiger partial charge in [-0.25, -0.2) is 4.98 Å². The minimum atomic E-state index is -0.0415. The lowest BCUT2D eigenvalue weighted by atomic mass is 10.2. The molecule has 0 saturated carbocycles. The van der Waals surface area contributed by atoms with Gasteiger partial charge in [0.05, 0.1) is 17.4 Å². The molecule has 3 rings (SSSR count). The number of benzene rings is 1. The third kappa shape index (κ3) is 3.31. The minimum Gasteiger partial charge on any atom is -0.309 e. The highest BCUT2D eigenvalue weighted by molar-refractivity contribution is 5.77. The normalized spacial score (nSPS) is 17.4. The Hall–Kier alpha value is -1.72. The average Bonchev–Trinajstić information content (AvgIpc) is 2.50. The lowest BCUT2D eigenvalue weighted by molar-refractivity contribution is 0.125. The number of rotatable bonds is 4. The molecule has 5 nitrogen and oxygen atoms in total. The van der Waals surface area contributed by atoms with Crippen LogP contribution in [0.3, 0.4) is 0 Å². The van der Waals surface area contributed by atoms with Gasteiger partial charge >= 0.3 is 0 Å². The van der Waals surface area contributed by atoms with Crippen molar-refractivity contribution in [2.75, 3.05) is 32.7 Å². The SMILES string of the molecule is CCCN1CCN(Cc2nc3ccccc3c(=O)[nH]2)CC1. The zero-order valence-corrected chi connectivity index (χ0v) is 12.5. The van der Waals surface area contributed by atoms with Crippen molar-refractivity contribution >= 4 is 10.9 Å². The molecule has 1 aromatic heterocycles. The summed E-state index contributed by atoms with van der Waals surface area (Å²) in [6.45, 7) is 8.40. The third-order valence-electron chi connectivity index (χ3n) is 4.04. The molecule has 0 radical (unpaired) electrons. The predicted molar refractivity (Wildman–Crippen MR) is 84.4 cm³/mol. The first-order chi connectivity index (χ1) is 10.3. The molecule has 2 aromatic rings. The Morgan fingerprint density at radius 3 is 2.62 bits per heavy atom. The van der Waals surface area contributed by atoms with E-state index in [1.807, 2.05) is 24.3 Å². The maximum absolute atomic E-state index is 12.1. The van der Waals surface area contributed by atoms with Crippen molar-refractivity contribution in [3.63, 3.8) is 0 Å². The Balaban J connectivity index is 1.70. The van der Waals surface area contributed by atoms with E-state index in [2.05, 4.69) is 26.7 Å². The van der Waals surface area contributed by atoms with Crippen LogP contribution in [-0.4, -0.2) is 52.5 Å². The standard InChI is InChI=1S/C16H22N4O/c1-2-7-19-8-10-20(11-9-19)12-15-17-14-6-4-3-5-13(14)16(21)18-15/h3-6H,2,7-12H2,1H3,(H,17,18,21). The first kappa shape index (κ1) is 14.2. The van der Waals surface area contributed by atoms with Gasteiger partial charge in [0.2, 0.25) is 0 Å². The van der Waals surface area contributed by atoms with E-state index < -0.39 is 0 Å². The van der Waals surface area contributed by atoms with Crippen LogP contribution in [0.25, 0.3) is 10.9 Å². The van der Waals surface area contributed by atoms with Crippen LogP contribution in [0.15, 0.2) is 29.1 Å². The zero-order valence-electron chi connectivity index (χ0n) is 12.5. The van der Waals surface area contributed by atoms with Gasteiger partial charge in [-0.15, -0.1) is 0 Å². The molecule has 5 heteroatoms. The number of piperazine rings is 1. The summed E-state index contributed by atoms with van der Waals surface area (Å²) in [5.74, 6) is 0.766. The van der Waals surface area contributed by atoms with Crippen molar-refractivity contribution in [2.45, 2.75) is 19.9 Å². The molecule has 1 aromatic carbocycles. The van der Waals surface area contributed by atoms with Crippen molar-refractivity contribution < 1.29 is 0 Å². The first-order valence-corrected chi connectivity index (χ1v) is 7.69. The maximum Gasteiger partial charge on any atom is 0.258 e. The van der Waals surface area contributed by atoms with E-state index in [4.69, 9.17) is 0 Å². The number of hydrogen-bond donors (Lipinski definition) is 1. The molecule has 112 valence electrons. The highest BCUT2D eigenvalue weighted by Gasteiger charge is 2.17. The molecule has 21 heavy (non-hydrogen) atoms. The van der Waals surface area contributed by atoms with Crippen molar-refractivity contribution in [3.05, 3.63) is 40.4 Å². The van der Waals surface area contributed by atoms with Gasteiger partial charge in [-0.3, -0.25) is 9.69 Å². The number of nitrogens with one attached hydrogen (secondary N) is 1. The monoisotopic (exact) mass is 286 g/mol. The fourth-order valence-corrected chi connectivity index (χ4v) is 2.91. The Kier molecular flexibility index (Phi) is 4.31. The molecular weight excluding hydrogens is 264 g/mol. The molecule has 1 fully saturated rings. The number of aromatic nitrogens is 2. The molecule has 2 heterocycles. The van der Waals surface area contributed by atoms with Gasteiger partial charge in [-0.2, -0.15) is 0 Å². The van der Waals surface area contributed by atoms with Gasteiger partial charge in [0, 0.05) is 26.2 Å². The van der Waals surface area contributed by atoms with E-state index in [0.29, 0.717) is 5.39 Å².